The van der Waals surface area contributed by atoms with E-state index < -0.39 is 15.9 Å². The van der Waals surface area contributed by atoms with Gasteiger partial charge in [-0.2, -0.15) is 8.42 Å². The van der Waals surface area contributed by atoms with Crippen LogP contribution < -0.4 is 0 Å². The molecule has 2 rings (SSSR count). The Morgan fingerprint density at radius 2 is 1.03 bits per heavy atom. The lowest BCUT2D eigenvalue weighted by atomic mass is 10.00. The maximum atomic E-state index is 11.0. The van der Waals surface area contributed by atoms with Crippen LogP contribution >= 0.6 is 0 Å². The molecule has 2 aliphatic heterocycles. The molecule has 216 valence electrons. The molecule has 2 aliphatic rings. The van der Waals surface area contributed by atoms with Gasteiger partial charge in [0.2, 0.25) is 0 Å². The molecule has 0 aromatic carbocycles. The number of hydrogen-bond acceptors (Lipinski definition) is 8. The Kier molecular flexibility index (Phi) is 16.9. The molecule has 1 N–H and O–H groups in total. The molecular formula is C27H54O8S. The van der Waals surface area contributed by atoms with Crippen LogP contribution in [0.25, 0.3) is 0 Å². The molecule has 0 aromatic rings. The van der Waals surface area contributed by atoms with Gasteiger partial charge in [0, 0.05) is 37.5 Å². The zero-order chi connectivity index (χ0) is 26.9. The SMILES string of the molecule is CCCCC1(CCCC)OCC(CO)CO1.CCCCC1(CCCC)OCC(COS(C)(=O)=O)CO1. The molecule has 0 unspecified atom stereocenters. The molecule has 0 atom stereocenters. The van der Waals surface area contributed by atoms with Crippen molar-refractivity contribution in [3.63, 3.8) is 0 Å². The first kappa shape index (κ1) is 33.7. The van der Waals surface area contributed by atoms with Crippen LogP contribution in [0.5, 0.6) is 0 Å². The standard InChI is InChI=1S/C14H28O5S.C13H26O3/c1-4-6-8-14(9-7-5-2)17-10-13(11-18-14)12-19-20(3,15)16;1-3-5-7-13(8-6-4-2)15-10-12(9-14)11-16-13/h13H,4-12H2,1-3H3;12,14H,3-11H2,1-2H3. The van der Waals surface area contributed by atoms with Crippen LogP contribution in [-0.2, 0) is 33.2 Å². The first-order valence-corrected chi connectivity index (χ1v) is 16.0. The van der Waals surface area contributed by atoms with Gasteiger partial charge in [-0.3, -0.25) is 4.18 Å². The predicted molar refractivity (Wildman–Crippen MR) is 142 cm³/mol. The van der Waals surface area contributed by atoms with Gasteiger partial charge in [0.15, 0.2) is 11.6 Å². The number of aliphatic hydroxyl groups is 1. The average Bonchev–Trinajstić information content (AvgIpc) is 2.88. The Balaban J connectivity index is 0.000000369. The van der Waals surface area contributed by atoms with Gasteiger partial charge in [0.05, 0.1) is 45.9 Å². The van der Waals surface area contributed by atoms with E-state index in [1.807, 2.05) is 0 Å². The molecule has 2 fully saturated rings. The highest BCUT2D eigenvalue weighted by atomic mass is 32.2. The fraction of sp³-hybridized carbons (Fsp3) is 1.00. The van der Waals surface area contributed by atoms with E-state index in [0.29, 0.717) is 26.4 Å². The summed E-state index contributed by atoms with van der Waals surface area (Å²) in [5.74, 6) is -0.664. The molecule has 8 nitrogen and oxygen atoms in total. The molecule has 9 heteroatoms. The highest BCUT2D eigenvalue weighted by Crippen LogP contribution is 2.33. The van der Waals surface area contributed by atoms with E-state index in [1.54, 1.807) is 0 Å². The highest BCUT2D eigenvalue weighted by Gasteiger charge is 2.37. The van der Waals surface area contributed by atoms with Crippen molar-refractivity contribution in [3.8, 4) is 0 Å². The van der Waals surface area contributed by atoms with Crippen molar-refractivity contribution in [2.24, 2.45) is 11.8 Å². The fourth-order valence-electron chi connectivity index (χ4n) is 4.29. The molecule has 0 amide bonds. The summed E-state index contributed by atoms with van der Waals surface area (Å²) in [6.45, 7) is 11.3. The summed E-state index contributed by atoms with van der Waals surface area (Å²) >= 11 is 0. The molecule has 0 bridgehead atoms. The van der Waals surface area contributed by atoms with Gasteiger partial charge < -0.3 is 24.1 Å². The van der Waals surface area contributed by atoms with Crippen LogP contribution in [0.1, 0.15) is 105 Å². The van der Waals surface area contributed by atoms with E-state index in [4.69, 9.17) is 28.2 Å². The van der Waals surface area contributed by atoms with E-state index in [2.05, 4.69) is 27.7 Å². The normalized spacial score (nSPS) is 20.6. The van der Waals surface area contributed by atoms with Gasteiger partial charge in [-0.25, -0.2) is 0 Å². The van der Waals surface area contributed by atoms with Crippen molar-refractivity contribution < 1.29 is 36.7 Å². The Morgan fingerprint density at radius 1 is 0.694 bits per heavy atom. The van der Waals surface area contributed by atoms with Crippen molar-refractivity contribution in [2.75, 3.05) is 45.9 Å². The topological polar surface area (TPSA) is 101 Å². The average molecular weight is 539 g/mol. The summed E-state index contributed by atoms with van der Waals surface area (Å²) in [5, 5.41) is 9.05. The minimum Gasteiger partial charge on any atom is -0.396 e. The smallest absolute Gasteiger partial charge is 0.264 e. The third-order valence-electron chi connectivity index (χ3n) is 6.75. The second-order valence-electron chi connectivity index (χ2n) is 10.4. The molecular weight excluding hydrogens is 484 g/mol. The van der Waals surface area contributed by atoms with Gasteiger partial charge in [0.25, 0.3) is 10.1 Å². The number of aliphatic hydroxyl groups excluding tert-OH is 1. The van der Waals surface area contributed by atoms with Crippen LogP contribution in [0.2, 0.25) is 0 Å². The quantitative estimate of drug-likeness (QED) is 0.260. The van der Waals surface area contributed by atoms with Gasteiger partial charge in [0.1, 0.15) is 0 Å². The van der Waals surface area contributed by atoms with Crippen molar-refractivity contribution in [2.45, 2.75) is 116 Å². The number of unbranched alkanes of at least 4 members (excludes halogenated alkanes) is 4. The summed E-state index contributed by atoms with van der Waals surface area (Å²) in [4.78, 5) is 0. The lowest BCUT2D eigenvalue weighted by Gasteiger charge is -2.40. The Labute approximate surface area is 220 Å². The van der Waals surface area contributed by atoms with E-state index in [1.165, 1.54) is 12.8 Å². The van der Waals surface area contributed by atoms with Crippen LogP contribution in [0, 0.1) is 11.8 Å². The zero-order valence-corrected chi connectivity index (χ0v) is 24.4. The molecule has 2 saturated heterocycles. The molecule has 2 heterocycles. The summed E-state index contributed by atoms with van der Waals surface area (Å²) in [6.07, 6.45) is 13.9. The van der Waals surface area contributed by atoms with Crippen molar-refractivity contribution in [3.05, 3.63) is 0 Å². The first-order chi connectivity index (χ1) is 17.2. The summed E-state index contributed by atoms with van der Waals surface area (Å²) < 4.78 is 50.5. The number of rotatable bonds is 16. The van der Waals surface area contributed by atoms with Gasteiger partial charge in [-0.05, 0) is 25.7 Å². The minimum atomic E-state index is -3.39. The molecule has 0 aromatic heterocycles. The summed E-state index contributed by atoms with van der Waals surface area (Å²) in [6, 6.07) is 0. The Bertz CT molecular complexity index is 618. The van der Waals surface area contributed by atoms with Crippen LogP contribution in [0.4, 0.5) is 0 Å². The maximum absolute atomic E-state index is 11.0. The number of ether oxygens (including phenoxy) is 4. The van der Waals surface area contributed by atoms with Crippen molar-refractivity contribution in [1.82, 2.24) is 0 Å². The minimum absolute atomic E-state index is 0.0129. The maximum Gasteiger partial charge on any atom is 0.264 e. The molecule has 0 spiro atoms. The third kappa shape index (κ3) is 13.5. The van der Waals surface area contributed by atoms with Gasteiger partial charge in [-0.1, -0.05) is 53.4 Å². The van der Waals surface area contributed by atoms with Gasteiger partial charge in [-0.15, -0.1) is 0 Å². The largest absolute Gasteiger partial charge is 0.396 e. The number of hydrogen-bond donors (Lipinski definition) is 1. The highest BCUT2D eigenvalue weighted by molar-refractivity contribution is 7.85. The zero-order valence-electron chi connectivity index (χ0n) is 23.6. The van der Waals surface area contributed by atoms with Crippen molar-refractivity contribution >= 4 is 10.1 Å². The third-order valence-corrected chi connectivity index (χ3v) is 7.31. The lowest BCUT2D eigenvalue weighted by Crippen LogP contribution is -2.45. The van der Waals surface area contributed by atoms with Gasteiger partial charge >= 0.3 is 0 Å². The monoisotopic (exact) mass is 538 g/mol. The lowest BCUT2D eigenvalue weighted by molar-refractivity contribution is -0.292. The fourth-order valence-corrected chi connectivity index (χ4v) is 4.73. The van der Waals surface area contributed by atoms with E-state index in [9.17, 15) is 8.42 Å². The molecule has 36 heavy (non-hydrogen) atoms. The summed E-state index contributed by atoms with van der Waals surface area (Å²) in [7, 11) is -3.39. The van der Waals surface area contributed by atoms with Crippen molar-refractivity contribution in [1.29, 1.82) is 0 Å². The predicted octanol–water partition coefficient (Wildman–Crippen LogP) is 5.42. The molecule has 0 radical (unpaired) electrons. The van der Waals surface area contributed by atoms with E-state index in [0.717, 1.165) is 70.5 Å². The molecule has 0 saturated carbocycles. The van der Waals surface area contributed by atoms with Crippen LogP contribution in [0.15, 0.2) is 0 Å². The second kappa shape index (κ2) is 18.1. The second-order valence-corrected chi connectivity index (χ2v) is 12.0. The van der Waals surface area contributed by atoms with E-state index in [-0.39, 0.29) is 30.8 Å². The summed E-state index contributed by atoms with van der Waals surface area (Å²) in [5.41, 5.74) is 0. The van der Waals surface area contributed by atoms with E-state index >= 15 is 0 Å². The first-order valence-electron chi connectivity index (χ1n) is 14.2. The van der Waals surface area contributed by atoms with Crippen LogP contribution in [-0.4, -0.2) is 71.0 Å². The molecule has 0 aliphatic carbocycles. The van der Waals surface area contributed by atoms with Crippen LogP contribution in [0.3, 0.4) is 0 Å². The Hall–Kier alpha value is -0.290. The Morgan fingerprint density at radius 3 is 1.31 bits per heavy atom.